The lowest BCUT2D eigenvalue weighted by Crippen LogP contribution is -2.20. The molecule has 0 aliphatic carbocycles. The third-order valence-corrected chi connectivity index (χ3v) is 6.10. The Kier molecular flexibility index (Phi) is 6.63. The molecule has 1 amide bonds. The van der Waals surface area contributed by atoms with E-state index < -0.39 is 0 Å². The van der Waals surface area contributed by atoms with E-state index in [1.807, 2.05) is 0 Å². The number of ether oxygens (including phenoxy) is 1. The molecule has 0 atom stereocenters. The van der Waals surface area contributed by atoms with Crippen LogP contribution in [0.15, 0.2) is 41.4 Å². The molecular formula is C20H21ClN2O2S2. The Hall–Kier alpha value is -1.76. The molecule has 2 aromatic carbocycles. The van der Waals surface area contributed by atoms with Crippen LogP contribution in [0.5, 0.6) is 5.75 Å². The van der Waals surface area contributed by atoms with Crippen molar-refractivity contribution in [2.45, 2.75) is 20.4 Å². The maximum atomic E-state index is 12.4. The van der Waals surface area contributed by atoms with E-state index >= 15 is 0 Å². The molecule has 0 aliphatic heterocycles. The van der Waals surface area contributed by atoms with E-state index in [4.69, 9.17) is 16.3 Å². The zero-order valence-electron chi connectivity index (χ0n) is 15.5. The third kappa shape index (κ3) is 4.94. The average molecular weight is 421 g/mol. The van der Waals surface area contributed by atoms with Crippen molar-refractivity contribution < 1.29 is 9.53 Å². The van der Waals surface area contributed by atoms with Crippen LogP contribution in [0.4, 0.5) is 0 Å². The molecule has 0 N–H and O–H groups in total. The zero-order valence-corrected chi connectivity index (χ0v) is 17.9. The minimum atomic E-state index is -0.302. The minimum Gasteiger partial charge on any atom is -0.484 e. The Balaban J connectivity index is 1.90. The summed E-state index contributed by atoms with van der Waals surface area (Å²) in [6, 6.07) is 11.2. The highest BCUT2D eigenvalue weighted by atomic mass is 35.5. The molecule has 1 aromatic heterocycles. The number of thiazole rings is 1. The van der Waals surface area contributed by atoms with Crippen LogP contribution in [-0.2, 0) is 11.3 Å². The van der Waals surface area contributed by atoms with Gasteiger partial charge in [-0.1, -0.05) is 29.0 Å². The van der Waals surface area contributed by atoms with E-state index in [0.29, 0.717) is 10.8 Å². The molecule has 27 heavy (non-hydrogen) atoms. The molecular weight excluding hydrogens is 400 g/mol. The van der Waals surface area contributed by atoms with Crippen LogP contribution in [0.25, 0.3) is 10.2 Å². The summed E-state index contributed by atoms with van der Waals surface area (Å²) in [7, 11) is 0. The normalized spacial score (nSPS) is 11.9. The van der Waals surface area contributed by atoms with Gasteiger partial charge in [0, 0.05) is 17.3 Å². The van der Waals surface area contributed by atoms with Gasteiger partial charge in [0.25, 0.3) is 5.91 Å². The van der Waals surface area contributed by atoms with Crippen molar-refractivity contribution in [3.63, 3.8) is 0 Å². The molecule has 142 valence electrons. The van der Waals surface area contributed by atoms with E-state index in [9.17, 15) is 4.79 Å². The Bertz CT molecular complexity index is 1020. The number of aryl methyl sites for hydroxylation is 3. The molecule has 0 aliphatic rings. The summed E-state index contributed by atoms with van der Waals surface area (Å²) in [6.07, 6.45) is 2.08. The van der Waals surface area contributed by atoms with Gasteiger partial charge < -0.3 is 9.30 Å². The van der Waals surface area contributed by atoms with Gasteiger partial charge in [-0.15, -0.1) is 0 Å². The maximum Gasteiger partial charge on any atom is 0.286 e. The van der Waals surface area contributed by atoms with Gasteiger partial charge in [-0.3, -0.25) is 4.79 Å². The van der Waals surface area contributed by atoms with Crippen molar-refractivity contribution in [1.82, 2.24) is 4.57 Å². The van der Waals surface area contributed by atoms with Crippen molar-refractivity contribution >= 4 is 50.8 Å². The smallest absolute Gasteiger partial charge is 0.286 e. The topological polar surface area (TPSA) is 43.6 Å². The molecule has 7 heteroatoms. The van der Waals surface area contributed by atoms with E-state index in [1.54, 1.807) is 47.4 Å². The lowest BCUT2D eigenvalue weighted by atomic mass is 10.1. The molecule has 0 fully saturated rings. The van der Waals surface area contributed by atoms with E-state index in [1.165, 1.54) is 15.8 Å². The summed E-state index contributed by atoms with van der Waals surface area (Å²) in [5, 5.41) is 0.629. The quantitative estimate of drug-likeness (QED) is 0.573. The number of hydrogen-bond donors (Lipinski definition) is 0. The Labute approximate surface area is 171 Å². The molecule has 0 saturated heterocycles. The van der Waals surface area contributed by atoms with Crippen molar-refractivity contribution in [1.29, 1.82) is 0 Å². The van der Waals surface area contributed by atoms with Gasteiger partial charge in [0.05, 0.1) is 10.2 Å². The van der Waals surface area contributed by atoms with Crippen LogP contribution in [-0.4, -0.2) is 29.1 Å². The number of halogens is 1. The molecule has 1 heterocycles. The molecule has 3 rings (SSSR count). The van der Waals surface area contributed by atoms with Gasteiger partial charge in [0.2, 0.25) is 0 Å². The molecule has 0 bridgehead atoms. The van der Waals surface area contributed by atoms with Crippen LogP contribution < -0.4 is 9.54 Å². The first kappa shape index (κ1) is 20.0. The zero-order chi connectivity index (χ0) is 19.4. The second kappa shape index (κ2) is 8.95. The summed E-state index contributed by atoms with van der Waals surface area (Å²) in [5.41, 5.74) is 3.55. The Morgan fingerprint density at radius 3 is 2.70 bits per heavy atom. The number of nitrogens with zero attached hydrogens (tertiary/aromatic N) is 2. The average Bonchev–Trinajstić information content (AvgIpc) is 2.97. The molecule has 4 nitrogen and oxygen atoms in total. The lowest BCUT2D eigenvalue weighted by molar-refractivity contribution is -0.120. The number of thioether (sulfide) groups is 1. The summed E-state index contributed by atoms with van der Waals surface area (Å²) in [4.78, 5) is 17.4. The van der Waals surface area contributed by atoms with Gasteiger partial charge in [-0.2, -0.15) is 16.8 Å². The van der Waals surface area contributed by atoms with Crippen LogP contribution in [0.3, 0.4) is 0 Å². The predicted octanol–water partition coefficient (Wildman–Crippen LogP) is 4.84. The second-order valence-electron chi connectivity index (χ2n) is 6.21. The Morgan fingerprint density at radius 2 is 2.00 bits per heavy atom. The number of rotatable bonds is 6. The first-order valence-corrected chi connectivity index (χ1v) is 11.1. The van der Waals surface area contributed by atoms with Crippen molar-refractivity contribution in [3.05, 3.63) is 57.3 Å². The second-order valence-corrected chi connectivity index (χ2v) is 8.61. The fraction of sp³-hybridized carbons (Fsp3) is 0.300. The van der Waals surface area contributed by atoms with Gasteiger partial charge in [0.1, 0.15) is 5.75 Å². The monoisotopic (exact) mass is 420 g/mol. The summed E-state index contributed by atoms with van der Waals surface area (Å²) in [6.45, 7) is 4.90. The third-order valence-electron chi connectivity index (χ3n) is 4.03. The van der Waals surface area contributed by atoms with Crippen molar-refractivity contribution in [3.8, 4) is 5.75 Å². The van der Waals surface area contributed by atoms with Gasteiger partial charge in [-0.05, 0) is 61.6 Å². The number of carbonyl (C=O) groups is 1. The molecule has 0 unspecified atom stereocenters. The minimum absolute atomic E-state index is 0.101. The SMILES string of the molecule is CSCCn1c(=NC(=O)COc2ccc(Cl)cc2)sc2c(C)cc(C)cc21. The number of fused-ring (bicyclic) bond motifs is 1. The van der Waals surface area contributed by atoms with Crippen molar-refractivity contribution in [2.24, 2.45) is 4.99 Å². The molecule has 0 saturated carbocycles. The van der Waals surface area contributed by atoms with Gasteiger partial charge in [0.15, 0.2) is 11.4 Å². The van der Waals surface area contributed by atoms with Crippen LogP contribution in [0.1, 0.15) is 11.1 Å². The number of hydrogen-bond acceptors (Lipinski definition) is 4. The molecule has 3 aromatic rings. The largest absolute Gasteiger partial charge is 0.484 e. The molecule has 0 radical (unpaired) electrons. The predicted molar refractivity (Wildman–Crippen MR) is 115 cm³/mol. The first-order valence-electron chi connectivity index (χ1n) is 8.53. The summed E-state index contributed by atoms with van der Waals surface area (Å²) in [5.74, 6) is 1.26. The highest BCUT2D eigenvalue weighted by Crippen LogP contribution is 2.23. The first-order chi connectivity index (χ1) is 13.0. The number of benzene rings is 2. The Morgan fingerprint density at radius 1 is 1.26 bits per heavy atom. The lowest BCUT2D eigenvalue weighted by Gasteiger charge is -2.06. The van der Waals surface area contributed by atoms with Crippen molar-refractivity contribution in [2.75, 3.05) is 18.6 Å². The van der Waals surface area contributed by atoms with Gasteiger partial charge in [-0.25, -0.2) is 0 Å². The standard InChI is InChI=1S/C20H21ClN2O2S2/c1-13-10-14(2)19-17(11-13)23(8-9-26-3)20(27-19)22-18(24)12-25-16-6-4-15(21)5-7-16/h4-7,10-11H,8-9,12H2,1-3H3. The summed E-state index contributed by atoms with van der Waals surface area (Å²) >= 11 is 9.19. The summed E-state index contributed by atoms with van der Waals surface area (Å²) < 4.78 is 8.83. The maximum absolute atomic E-state index is 12.4. The fourth-order valence-corrected chi connectivity index (χ4v) is 4.43. The van der Waals surface area contributed by atoms with Crippen LogP contribution >= 0.6 is 34.7 Å². The van der Waals surface area contributed by atoms with Crippen LogP contribution in [0.2, 0.25) is 5.02 Å². The highest BCUT2D eigenvalue weighted by molar-refractivity contribution is 7.98. The van der Waals surface area contributed by atoms with E-state index in [0.717, 1.165) is 22.6 Å². The molecule has 0 spiro atoms. The van der Waals surface area contributed by atoms with E-state index in [-0.39, 0.29) is 12.5 Å². The van der Waals surface area contributed by atoms with Crippen LogP contribution in [0, 0.1) is 13.8 Å². The van der Waals surface area contributed by atoms with E-state index in [2.05, 4.69) is 41.8 Å². The van der Waals surface area contributed by atoms with Gasteiger partial charge >= 0.3 is 0 Å². The highest BCUT2D eigenvalue weighted by Gasteiger charge is 2.11. The number of carbonyl (C=O) groups excluding carboxylic acids is 1. The number of amides is 1. The number of aromatic nitrogens is 1. The fourth-order valence-electron chi connectivity index (χ4n) is 2.81.